The highest BCUT2D eigenvalue weighted by Gasteiger charge is 2.19. The first-order valence-electron chi connectivity index (χ1n) is 4.82. The van der Waals surface area contributed by atoms with Gasteiger partial charge in [0.1, 0.15) is 11.9 Å². The summed E-state index contributed by atoms with van der Waals surface area (Å²) in [6.07, 6.45) is 1.75. The topological polar surface area (TPSA) is 66.4 Å². The van der Waals surface area contributed by atoms with Crippen molar-refractivity contribution in [2.24, 2.45) is 0 Å². The van der Waals surface area contributed by atoms with Crippen LogP contribution in [0.15, 0.2) is 24.3 Å². The first kappa shape index (κ1) is 13.5. The van der Waals surface area contributed by atoms with Crippen molar-refractivity contribution in [2.45, 2.75) is 6.04 Å². The highest BCUT2D eigenvalue weighted by atomic mass is 32.2. The lowest BCUT2D eigenvalue weighted by molar-refractivity contribution is -0.138. The van der Waals surface area contributed by atoms with E-state index in [1.165, 1.54) is 23.9 Å². The summed E-state index contributed by atoms with van der Waals surface area (Å²) in [6.45, 7) is 0. The van der Waals surface area contributed by atoms with Gasteiger partial charge in [0.15, 0.2) is 0 Å². The van der Waals surface area contributed by atoms with Crippen LogP contribution in [0.5, 0.6) is 0 Å². The number of carbonyl (C=O) groups excluding carboxylic acids is 1. The summed E-state index contributed by atoms with van der Waals surface area (Å²) < 4.78 is 12.6. The van der Waals surface area contributed by atoms with Crippen LogP contribution in [-0.4, -0.2) is 35.0 Å². The third-order valence-corrected chi connectivity index (χ3v) is 2.71. The predicted molar refractivity (Wildman–Crippen MR) is 63.7 cm³/mol. The van der Waals surface area contributed by atoms with Crippen molar-refractivity contribution in [3.05, 3.63) is 35.6 Å². The molecule has 1 amide bonds. The van der Waals surface area contributed by atoms with Crippen LogP contribution in [0.3, 0.4) is 0 Å². The molecule has 0 spiro atoms. The summed E-state index contributed by atoms with van der Waals surface area (Å²) in [5, 5.41) is 11.2. The second kappa shape index (κ2) is 6.24. The zero-order valence-electron chi connectivity index (χ0n) is 9.14. The third kappa shape index (κ3) is 4.07. The SMILES string of the molecule is CSCC(NC(=O)c1ccc(F)cc1)C(=O)O. The number of nitrogens with one attached hydrogen (secondary N) is 1. The lowest BCUT2D eigenvalue weighted by Crippen LogP contribution is -2.42. The Hall–Kier alpha value is -1.56. The van der Waals surface area contributed by atoms with E-state index in [1.807, 2.05) is 0 Å². The number of hydrogen-bond donors (Lipinski definition) is 2. The van der Waals surface area contributed by atoms with Gasteiger partial charge in [-0.05, 0) is 30.5 Å². The number of thioether (sulfide) groups is 1. The zero-order chi connectivity index (χ0) is 12.8. The van der Waals surface area contributed by atoms with Gasteiger partial charge in [-0.1, -0.05) is 0 Å². The number of carboxylic acids is 1. The molecule has 1 atom stereocenters. The molecule has 0 bridgehead atoms. The monoisotopic (exact) mass is 257 g/mol. The van der Waals surface area contributed by atoms with Crippen molar-refractivity contribution in [3.63, 3.8) is 0 Å². The number of hydrogen-bond acceptors (Lipinski definition) is 3. The normalized spacial score (nSPS) is 11.9. The van der Waals surface area contributed by atoms with Crippen LogP contribution in [0.4, 0.5) is 4.39 Å². The number of amides is 1. The standard InChI is InChI=1S/C11H12FNO3S/c1-17-6-9(11(15)16)13-10(14)7-2-4-8(12)5-3-7/h2-5,9H,6H2,1H3,(H,13,14)(H,15,16). The van der Waals surface area contributed by atoms with Gasteiger partial charge >= 0.3 is 5.97 Å². The van der Waals surface area contributed by atoms with E-state index in [0.717, 1.165) is 12.1 Å². The molecule has 4 nitrogen and oxygen atoms in total. The molecule has 1 aromatic rings. The lowest BCUT2D eigenvalue weighted by Gasteiger charge is -2.13. The first-order valence-corrected chi connectivity index (χ1v) is 6.22. The van der Waals surface area contributed by atoms with Crippen molar-refractivity contribution >= 4 is 23.6 Å². The number of halogens is 1. The fourth-order valence-electron chi connectivity index (χ4n) is 1.18. The summed E-state index contributed by atoms with van der Waals surface area (Å²) in [5.74, 6) is -1.77. The molecule has 0 heterocycles. The average Bonchev–Trinajstić information content (AvgIpc) is 2.29. The molecule has 2 N–H and O–H groups in total. The Morgan fingerprint density at radius 3 is 2.47 bits per heavy atom. The summed E-state index contributed by atoms with van der Waals surface area (Å²) in [5.41, 5.74) is 0.235. The first-order chi connectivity index (χ1) is 8.04. The van der Waals surface area contributed by atoms with E-state index < -0.39 is 23.7 Å². The van der Waals surface area contributed by atoms with E-state index in [1.54, 1.807) is 6.26 Å². The Morgan fingerprint density at radius 1 is 1.41 bits per heavy atom. The Bertz CT molecular complexity index is 408. The highest BCUT2D eigenvalue weighted by molar-refractivity contribution is 7.98. The van der Waals surface area contributed by atoms with Crippen LogP contribution in [0.25, 0.3) is 0 Å². The highest BCUT2D eigenvalue weighted by Crippen LogP contribution is 2.04. The number of rotatable bonds is 5. The predicted octanol–water partition coefficient (Wildman–Crippen LogP) is 1.37. The Morgan fingerprint density at radius 2 is 2.00 bits per heavy atom. The molecule has 0 radical (unpaired) electrons. The van der Waals surface area contributed by atoms with Crippen molar-refractivity contribution in [3.8, 4) is 0 Å². The van der Waals surface area contributed by atoms with Crippen LogP contribution in [-0.2, 0) is 4.79 Å². The van der Waals surface area contributed by atoms with Crippen LogP contribution in [0.1, 0.15) is 10.4 Å². The van der Waals surface area contributed by atoms with Gasteiger partial charge in [-0.3, -0.25) is 4.79 Å². The van der Waals surface area contributed by atoms with Gasteiger partial charge in [0.25, 0.3) is 5.91 Å². The molecular weight excluding hydrogens is 245 g/mol. The minimum absolute atomic E-state index is 0.235. The van der Waals surface area contributed by atoms with Gasteiger partial charge < -0.3 is 10.4 Å². The molecular formula is C11H12FNO3S. The largest absolute Gasteiger partial charge is 0.480 e. The number of carbonyl (C=O) groups is 2. The third-order valence-electron chi connectivity index (χ3n) is 2.04. The van der Waals surface area contributed by atoms with Gasteiger partial charge in [-0.15, -0.1) is 0 Å². The molecule has 1 rings (SSSR count). The van der Waals surface area contributed by atoms with Crippen molar-refractivity contribution < 1.29 is 19.1 Å². The second-order valence-electron chi connectivity index (χ2n) is 3.33. The maximum Gasteiger partial charge on any atom is 0.327 e. The molecule has 0 aliphatic carbocycles. The quantitative estimate of drug-likeness (QED) is 0.836. The molecule has 92 valence electrons. The molecule has 0 fully saturated rings. The minimum Gasteiger partial charge on any atom is -0.480 e. The van der Waals surface area contributed by atoms with Gasteiger partial charge in [0.05, 0.1) is 0 Å². The lowest BCUT2D eigenvalue weighted by atomic mass is 10.2. The Kier molecular flexibility index (Phi) is 4.96. The van der Waals surface area contributed by atoms with E-state index in [-0.39, 0.29) is 11.3 Å². The molecule has 6 heteroatoms. The summed E-state index contributed by atoms with van der Waals surface area (Å²) in [4.78, 5) is 22.5. The molecule has 1 aromatic carbocycles. The van der Waals surface area contributed by atoms with Gasteiger partial charge in [-0.25, -0.2) is 9.18 Å². The average molecular weight is 257 g/mol. The summed E-state index contributed by atoms with van der Waals surface area (Å²) in [6, 6.07) is 3.98. The van der Waals surface area contributed by atoms with Crippen LogP contribution in [0.2, 0.25) is 0 Å². The fourth-order valence-corrected chi connectivity index (χ4v) is 1.74. The molecule has 0 saturated carbocycles. The van der Waals surface area contributed by atoms with E-state index >= 15 is 0 Å². The maximum atomic E-state index is 12.6. The molecule has 17 heavy (non-hydrogen) atoms. The van der Waals surface area contributed by atoms with Gasteiger partial charge in [0.2, 0.25) is 0 Å². The summed E-state index contributed by atoms with van der Waals surface area (Å²) in [7, 11) is 0. The van der Waals surface area contributed by atoms with E-state index in [0.29, 0.717) is 0 Å². The number of aliphatic carboxylic acids is 1. The Balaban J connectivity index is 2.70. The summed E-state index contributed by atoms with van der Waals surface area (Å²) >= 11 is 1.32. The molecule has 0 aromatic heterocycles. The molecule has 0 aliphatic heterocycles. The fraction of sp³-hybridized carbons (Fsp3) is 0.273. The van der Waals surface area contributed by atoms with E-state index in [2.05, 4.69) is 5.32 Å². The maximum absolute atomic E-state index is 12.6. The second-order valence-corrected chi connectivity index (χ2v) is 4.24. The van der Waals surface area contributed by atoms with Crippen LogP contribution in [0, 0.1) is 5.82 Å². The van der Waals surface area contributed by atoms with Crippen molar-refractivity contribution in [1.82, 2.24) is 5.32 Å². The smallest absolute Gasteiger partial charge is 0.327 e. The number of benzene rings is 1. The van der Waals surface area contributed by atoms with E-state index in [4.69, 9.17) is 5.11 Å². The Labute approximate surface area is 102 Å². The van der Waals surface area contributed by atoms with Gasteiger partial charge in [-0.2, -0.15) is 11.8 Å². The van der Waals surface area contributed by atoms with Gasteiger partial charge in [0, 0.05) is 11.3 Å². The van der Waals surface area contributed by atoms with Crippen molar-refractivity contribution in [2.75, 3.05) is 12.0 Å². The minimum atomic E-state index is -1.09. The van der Waals surface area contributed by atoms with Crippen molar-refractivity contribution in [1.29, 1.82) is 0 Å². The van der Waals surface area contributed by atoms with E-state index in [9.17, 15) is 14.0 Å². The zero-order valence-corrected chi connectivity index (χ0v) is 9.96. The molecule has 0 aliphatic rings. The molecule has 0 saturated heterocycles. The number of carboxylic acid groups (broad SMARTS) is 1. The van der Waals surface area contributed by atoms with Crippen LogP contribution < -0.4 is 5.32 Å². The molecule has 1 unspecified atom stereocenters. The van der Waals surface area contributed by atoms with Crippen LogP contribution >= 0.6 is 11.8 Å².